The van der Waals surface area contributed by atoms with Crippen molar-refractivity contribution < 1.29 is 0 Å². The SMILES string of the molecule is CCCCN(CC)C(C#N)c1ccccc1. The summed E-state index contributed by atoms with van der Waals surface area (Å²) in [6, 6.07) is 12.3. The second kappa shape index (κ2) is 7.03. The summed E-state index contributed by atoms with van der Waals surface area (Å²) in [5.74, 6) is 0. The molecule has 0 radical (unpaired) electrons. The van der Waals surface area contributed by atoms with Crippen LogP contribution >= 0.6 is 0 Å². The number of nitriles is 1. The Balaban J connectivity index is 2.76. The quantitative estimate of drug-likeness (QED) is 0.729. The lowest BCUT2D eigenvalue weighted by atomic mass is 10.1. The third-order valence-electron chi connectivity index (χ3n) is 2.81. The van der Waals surface area contributed by atoms with E-state index in [4.69, 9.17) is 0 Å². The minimum atomic E-state index is -0.0993. The second-order valence-electron chi connectivity index (χ2n) is 3.92. The average molecular weight is 216 g/mol. The fraction of sp³-hybridized carbons (Fsp3) is 0.500. The van der Waals surface area contributed by atoms with Crippen molar-refractivity contribution in [3.63, 3.8) is 0 Å². The second-order valence-corrected chi connectivity index (χ2v) is 3.92. The molecule has 0 saturated carbocycles. The molecule has 0 N–H and O–H groups in total. The minimum Gasteiger partial charge on any atom is -0.285 e. The van der Waals surface area contributed by atoms with Gasteiger partial charge in [0, 0.05) is 0 Å². The van der Waals surface area contributed by atoms with E-state index < -0.39 is 0 Å². The van der Waals surface area contributed by atoms with Gasteiger partial charge in [-0.2, -0.15) is 5.26 Å². The summed E-state index contributed by atoms with van der Waals surface area (Å²) >= 11 is 0. The Morgan fingerprint density at radius 2 is 1.94 bits per heavy atom. The Bertz CT molecular complexity index is 326. The molecule has 1 rings (SSSR count). The van der Waals surface area contributed by atoms with Crippen LogP contribution in [0.2, 0.25) is 0 Å². The highest BCUT2D eigenvalue weighted by molar-refractivity contribution is 5.23. The lowest BCUT2D eigenvalue weighted by Crippen LogP contribution is -2.28. The van der Waals surface area contributed by atoms with Crippen LogP contribution in [-0.4, -0.2) is 18.0 Å². The summed E-state index contributed by atoms with van der Waals surface area (Å²) in [6.45, 7) is 6.22. The molecule has 0 amide bonds. The van der Waals surface area contributed by atoms with Crippen LogP contribution in [0, 0.1) is 11.3 Å². The zero-order valence-electron chi connectivity index (χ0n) is 10.2. The van der Waals surface area contributed by atoms with E-state index in [1.54, 1.807) is 0 Å². The zero-order valence-corrected chi connectivity index (χ0v) is 10.2. The van der Waals surface area contributed by atoms with Crippen LogP contribution in [0.3, 0.4) is 0 Å². The van der Waals surface area contributed by atoms with Gasteiger partial charge in [-0.1, -0.05) is 50.6 Å². The molecule has 0 fully saturated rings. The first-order valence-electron chi connectivity index (χ1n) is 6.02. The van der Waals surface area contributed by atoms with Gasteiger partial charge in [-0.05, 0) is 25.1 Å². The standard InChI is InChI=1S/C14H20N2/c1-3-5-11-16(4-2)14(12-15)13-9-7-6-8-10-13/h6-10,14H,3-5,11H2,1-2H3. The third kappa shape index (κ3) is 3.36. The van der Waals surface area contributed by atoms with Gasteiger partial charge in [-0.15, -0.1) is 0 Å². The van der Waals surface area contributed by atoms with E-state index in [0.717, 1.165) is 25.1 Å². The van der Waals surface area contributed by atoms with Crippen molar-refractivity contribution in [3.05, 3.63) is 35.9 Å². The van der Waals surface area contributed by atoms with Gasteiger partial charge in [-0.3, -0.25) is 4.90 Å². The summed E-state index contributed by atoms with van der Waals surface area (Å²) in [6.07, 6.45) is 2.32. The Kier molecular flexibility index (Phi) is 5.60. The van der Waals surface area contributed by atoms with Gasteiger partial charge in [0.1, 0.15) is 6.04 Å². The summed E-state index contributed by atoms with van der Waals surface area (Å²) < 4.78 is 0. The van der Waals surface area contributed by atoms with Crippen molar-refractivity contribution in [2.45, 2.75) is 32.7 Å². The van der Waals surface area contributed by atoms with Crippen LogP contribution < -0.4 is 0 Å². The molecular weight excluding hydrogens is 196 g/mol. The number of rotatable bonds is 6. The molecule has 1 aromatic carbocycles. The predicted molar refractivity (Wildman–Crippen MR) is 67.0 cm³/mol. The summed E-state index contributed by atoms with van der Waals surface area (Å²) in [4.78, 5) is 2.23. The van der Waals surface area contributed by atoms with Gasteiger partial charge in [0.25, 0.3) is 0 Å². The minimum absolute atomic E-state index is 0.0993. The van der Waals surface area contributed by atoms with E-state index in [-0.39, 0.29) is 6.04 Å². The fourth-order valence-electron chi connectivity index (χ4n) is 1.83. The van der Waals surface area contributed by atoms with E-state index >= 15 is 0 Å². The van der Waals surface area contributed by atoms with Crippen molar-refractivity contribution in [1.29, 1.82) is 5.26 Å². The van der Waals surface area contributed by atoms with Gasteiger partial charge >= 0.3 is 0 Å². The first-order chi connectivity index (χ1) is 7.83. The lowest BCUT2D eigenvalue weighted by molar-refractivity contribution is 0.245. The van der Waals surface area contributed by atoms with Crippen LogP contribution in [0.1, 0.15) is 38.3 Å². The smallest absolute Gasteiger partial charge is 0.123 e. The molecule has 0 spiro atoms. The third-order valence-corrected chi connectivity index (χ3v) is 2.81. The monoisotopic (exact) mass is 216 g/mol. The normalized spacial score (nSPS) is 12.4. The molecule has 0 aromatic heterocycles. The molecule has 1 aromatic rings. The molecule has 1 atom stereocenters. The Morgan fingerprint density at radius 1 is 1.25 bits per heavy atom. The molecule has 0 bridgehead atoms. The first-order valence-corrected chi connectivity index (χ1v) is 6.02. The van der Waals surface area contributed by atoms with E-state index in [2.05, 4.69) is 24.8 Å². The molecule has 0 saturated heterocycles. The topological polar surface area (TPSA) is 27.0 Å². The Labute approximate surface area is 98.5 Å². The van der Waals surface area contributed by atoms with Gasteiger partial charge in [0.05, 0.1) is 6.07 Å². The highest BCUT2D eigenvalue weighted by atomic mass is 15.1. The van der Waals surface area contributed by atoms with Crippen LogP contribution in [0.4, 0.5) is 0 Å². The molecule has 16 heavy (non-hydrogen) atoms. The fourth-order valence-corrected chi connectivity index (χ4v) is 1.83. The molecular formula is C14H20N2. The molecule has 86 valence electrons. The van der Waals surface area contributed by atoms with Crippen molar-refractivity contribution in [2.24, 2.45) is 0 Å². The number of hydrogen-bond acceptors (Lipinski definition) is 2. The Morgan fingerprint density at radius 3 is 2.44 bits per heavy atom. The van der Waals surface area contributed by atoms with Crippen LogP contribution in [0.15, 0.2) is 30.3 Å². The van der Waals surface area contributed by atoms with E-state index in [1.165, 1.54) is 6.42 Å². The van der Waals surface area contributed by atoms with Gasteiger partial charge in [0.15, 0.2) is 0 Å². The maximum absolute atomic E-state index is 9.29. The molecule has 0 aliphatic heterocycles. The number of hydrogen-bond donors (Lipinski definition) is 0. The molecule has 2 heteroatoms. The van der Waals surface area contributed by atoms with Crippen molar-refractivity contribution in [2.75, 3.05) is 13.1 Å². The maximum Gasteiger partial charge on any atom is 0.123 e. The summed E-state index contributed by atoms with van der Waals surface area (Å²) in [5, 5.41) is 9.29. The van der Waals surface area contributed by atoms with Crippen LogP contribution in [0.5, 0.6) is 0 Å². The Hall–Kier alpha value is -1.33. The van der Waals surface area contributed by atoms with E-state index in [0.29, 0.717) is 0 Å². The van der Waals surface area contributed by atoms with Crippen LogP contribution in [0.25, 0.3) is 0 Å². The summed E-state index contributed by atoms with van der Waals surface area (Å²) in [5.41, 5.74) is 1.10. The lowest BCUT2D eigenvalue weighted by Gasteiger charge is -2.25. The number of nitrogens with zero attached hydrogens (tertiary/aromatic N) is 2. The van der Waals surface area contributed by atoms with Crippen molar-refractivity contribution in [1.82, 2.24) is 4.90 Å². The maximum atomic E-state index is 9.29. The molecule has 1 unspecified atom stereocenters. The number of unbranched alkanes of at least 4 members (excludes halogenated alkanes) is 1. The summed E-state index contributed by atoms with van der Waals surface area (Å²) in [7, 11) is 0. The molecule has 0 aliphatic rings. The first kappa shape index (κ1) is 12.7. The number of benzene rings is 1. The highest BCUT2D eigenvalue weighted by Gasteiger charge is 2.17. The highest BCUT2D eigenvalue weighted by Crippen LogP contribution is 2.19. The van der Waals surface area contributed by atoms with E-state index in [9.17, 15) is 5.26 Å². The van der Waals surface area contributed by atoms with E-state index in [1.807, 2.05) is 30.3 Å². The predicted octanol–water partition coefficient (Wildman–Crippen LogP) is 3.37. The average Bonchev–Trinajstić information content (AvgIpc) is 2.35. The van der Waals surface area contributed by atoms with Gasteiger partial charge in [0.2, 0.25) is 0 Å². The molecule has 2 nitrogen and oxygen atoms in total. The van der Waals surface area contributed by atoms with Crippen LogP contribution in [-0.2, 0) is 0 Å². The van der Waals surface area contributed by atoms with Crippen molar-refractivity contribution >= 4 is 0 Å². The van der Waals surface area contributed by atoms with Gasteiger partial charge < -0.3 is 0 Å². The zero-order chi connectivity index (χ0) is 11.8. The molecule has 0 heterocycles. The largest absolute Gasteiger partial charge is 0.285 e. The van der Waals surface area contributed by atoms with Crippen molar-refractivity contribution in [3.8, 4) is 6.07 Å². The van der Waals surface area contributed by atoms with Gasteiger partial charge in [-0.25, -0.2) is 0 Å². The molecule has 0 aliphatic carbocycles.